The molecule has 0 aliphatic carbocycles. The van der Waals surface area contributed by atoms with Crippen LogP contribution in [0.1, 0.15) is 19.3 Å². The minimum absolute atomic E-state index is 0.812. The van der Waals surface area contributed by atoms with Crippen molar-refractivity contribution in [1.82, 2.24) is 0 Å². The number of fused-ring (bicyclic) bond motifs is 1. The Hall–Kier alpha value is 0.310. The largest absolute Gasteiger partial charge is 0.372 e. The summed E-state index contributed by atoms with van der Waals surface area (Å²) in [6, 6.07) is 0. The summed E-state index contributed by atoms with van der Waals surface area (Å²) in [5.74, 6) is 3.41. The molecule has 2 saturated heterocycles. The highest BCUT2D eigenvalue weighted by molar-refractivity contribution is 7.99. The summed E-state index contributed by atoms with van der Waals surface area (Å²) in [7, 11) is 0. The van der Waals surface area contributed by atoms with Crippen molar-refractivity contribution in [3.63, 3.8) is 0 Å². The predicted molar refractivity (Wildman–Crippen MR) is 43.9 cm³/mol. The van der Waals surface area contributed by atoms with E-state index in [0.717, 1.165) is 12.5 Å². The fourth-order valence-electron chi connectivity index (χ4n) is 1.66. The standard InChI is InChI=1S/C8H13OS/c1-2-7-6-10-5-3-8(7)9-4-1/h7H,1-6H2. The molecule has 0 aromatic heterocycles. The van der Waals surface area contributed by atoms with Gasteiger partial charge in [-0.05, 0) is 36.7 Å². The van der Waals surface area contributed by atoms with Crippen LogP contribution in [0.2, 0.25) is 0 Å². The molecule has 0 aromatic rings. The molecule has 0 amide bonds. The molecule has 0 aromatic carbocycles. The Morgan fingerprint density at radius 3 is 3.40 bits per heavy atom. The molecular formula is C8H13OS. The molecular weight excluding hydrogens is 144 g/mol. The molecule has 2 fully saturated rings. The highest BCUT2D eigenvalue weighted by atomic mass is 32.2. The number of hydrogen-bond donors (Lipinski definition) is 0. The second-order valence-electron chi connectivity index (χ2n) is 2.98. The highest BCUT2D eigenvalue weighted by Gasteiger charge is 2.29. The van der Waals surface area contributed by atoms with Crippen molar-refractivity contribution in [2.24, 2.45) is 5.92 Å². The predicted octanol–water partition coefficient (Wildman–Crippen LogP) is 2.08. The van der Waals surface area contributed by atoms with Gasteiger partial charge >= 0.3 is 0 Å². The fourth-order valence-corrected chi connectivity index (χ4v) is 2.81. The van der Waals surface area contributed by atoms with Crippen LogP contribution in [0.4, 0.5) is 0 Å². The first kappa shape index (κ1) is 6.99. The first-order chi connectivity index (χ1) is 4.97. The van der Waals surface area contributed by atoms with E-state index in [9.17, 15) is 0 Å². The molecule has 1 nitrogen and oxygen atoms in total. The molecule has 10 heavy (non-hydrogen) atoms. The molecule has 57 valence electrons. The summed E-state index contributed by atoms with van der Waals surface area (Å²) in [5.41, 5.74) is 0. The summed E-state index contributed by atoms with van der Waals surface area (Å²) in [6.45, 7) is 0.983. The van der Waals surface area contributed by atoms with Gasteiger partial charge in [0.15, 0.2) is 0 Å². The van der Waals surface area contributed by atoms with E-state index in [1.54, 1.807) is 0 Å². The van der Waals surface area contributed by atoms with Gasteiger partial charge in [0.05, 0.1) is 0 Å². The third-order valence-corrected chi connectivity index (χ3v) is 3.38. The Morgan fingerprint density at radius 2 is 2.50 bits per heavy atom. The topological polar surface area (TPSA) is 9.23 Å². The van der Waals surface area contributed by atoms with Crippen LogP contribution in [0.5, 0.6) is 0 Å². The minimum atomic E-state index is 0.812. The first-order valence-corrected chi connectivity index (χ1v) is 5.18. The van der Waals surface area contributed by atoms with Gasteiger partial charge in [0.1, 0.15) is 6.10 Å². The molecule has 2 aliphatic rings. The van der Waals surface area contributed by atoms with Crippen molar-refractivity contribution >= 4 is 11.8 Å². The summed E-state index contributed by atoms with van der Waals surface area (Å²) < 4.78 is 5.59. The number of thioether (sulfide) groups is 1. The zero-order valence-corrected chi connectivity index (χ0v) is 6.95. The van der Waals surface area contributed by atoms with Crippen LogP contribution in [0, 0.1) is 12.0 Å². The Kier molecular flexibility index (Phi) is 2.19. The molecule has 1 atom stereocenters. The lowest BCUT2D eigenvalue weighted by Crippen LogP contribution is -2.27. The van der Waals surface area contributed by atoms with Gasteiger partial charge in [-0.1, -0.05) is 0 Å². The second kappa shape index (κ2) is 3.14. The fraction of sp³-hybridized carbons (Fsp3) is 0.875. The molecule has 0 N–H and O–H groups in total. The Labute approximate surface area is 66.5 Å². The number of ether oxygens (including phenoxy) is 1. The van der Waals surface area contributed by atoms with Gasteiger partial charge in [0.25, 0.3) is 0 Å². The van der Waals surface area contributed by atoms with Gasteiger partial charge in [-0.25, -0.2) is 0 Å². The van der Waals surface area contributed by atoms with E-state index in [-0.39, 0.29) is 0 Å². The molecule has 2 aliphatic heterocycles. The second-order valence-corrected chi connectivity index (χ2v) is 4.13. The molecule has 2 heterocycles. The summed E-state index contributed by atoms with van der Waals surface area (Å²) >= 11 is 2.08. The molecule has 0 saturated carbocycles. The highest BCUT2D eigenvalue weighted by Crippen LogP contribution is 2.36. The van der Waals surface area contributed by atoms with Gasteiger partial charge in [-0.15, -0.1) is 0 Å². The zero-order valence-electron chi connectivity index (χ0n) is 6.14. The maximum absolute atomic E-state index is 5.59. The van der Waals surface area contributed by atoms with Crippen molar-refractivity contribution in [1.29, 1.82) is 0 Å². The maximum atomic E-state index is 5.59. The van der Waals surface area contributed by atoms with E-state index in [0.29, 0.717) is 0 Å². The van der Waals surface area contributed by atoms with Gasteiger partial charge in [0.2, 0.25) is 0 Å². The lowest BCUT2D eigenvalue weighted by Gasteiger charge is -2.33. The third-order valence-electron chi connectivity index (χ3n) is 2.25. The van der Waals surface area contributed by atoms with Gasteiger partial charge < -0.3 is 4.74 Å². The monoisotopic (exact) mass is 157 g/mol. The van der Waals surface area contributed by atoms with Crippen LogP contribution in [0.3, 0.4) is 0 Å². The minimum Gasteiger partial charge on any atom is -0.372 e. The Bertz CT molecular complexity index is 89.8. The Morgan fingerprint density at radius 1 is 1.50 bits per heavy atom. The lowest BCUT2D eigenvalue weighted by molar-refractivity contribution is 0.0614. The maximum Gasteiger partial charge on any atom is 0.102 e. The smallest absolute Gasteiger partial charge is 0.102 e. The van der Waals surface area contributed by atoms with E-state index in [1.807, 2.05) is 0 Å². The zero-order chi connectivity index (χ0) is 6.81. The van der Waals surface area contributed by atoms with Crippen LogP contribution < -0.4 is 0 Å². The van der Waals surface area contributed by atoms with E-state index in [4.69, 9.17) is 4.74 Å². The molecule has 2 heteroatoms. The van der Waals surface area contributed by atoms with Crippen molar-refractivity contribution < 1.29 is 4.74 Å². The molecule has 0 spiro atoms. The van der Waals surface area contributed by atoms with Crippen LogP contribution in [0.15, 0.2) is 0 Å². The van der Waals surface area contributed by atoms with E-state index in [1.165, 1.54) is 36.9 Å². The molecule has 2 rings (SSSR count). The summed E-state index contributed by atoms with van der Waals surface area (Å²) in [5, 5.41) is 0. The summed E-state index contributed by atoms with van der Waals surface area (Å²) in [6.07, 6.45) is 5.27. The van der Waals surface area contributed by atoms with E-state index in [2.05, 4.69) is 11.8 Å². The van der Waals surface area contributed by atoms with Crippen molar-refractivity contribution in [2.75, 3.05) is 18.1 Å². The average molecular weight is 157 g/mol. The van der Waals surface area contributed by atoms with Crippen LogP contribution in [0.25, 0.3) is 0 Å². The van der Waals surface area contributed by atoms with Crippen molar-refractivity contribution in [2.45, 2.75) is 19.3 Å². The number of rotatable bonds is 0. The quantitative estimate of drug-likeness (QED) is 0.532. The van der Waals surface area contributed by atoms with Crippen LogP contribution in [-0.4, -0.2) is 18.1 Å². The summed E-state index contributed by atoms with van der Waals surface area (Å²) in [4.78, 5) is 0. The molecule has 1 radical (unpaired) electrons. The van der Waals surface area contributed by atoms with Gasteiger partial charge in [0, 0.05) is 6.61 Å². The van der Waals surface area contributed by atoms with Crippen molar-refractivity contribution in [3.05, 3.63) is 6.10 Å². The molecule has 0 bridgehead atoms. The first-order valence-electron chi connectivity index (χ1n) is 4.03. The van der Waals surface area contributed by atoms with Crippen molar-refractivity contribution in [3.8, 4) is 0 Å². The lowest BCUT2D eigenvalue weighted by atomic mass is 9.94. The number of hydrogen-bond acceptors (Lipinski definition) is 2. The Balaban J connectivity index is 1.93. The normalized spacial score (nSPS) is 35.4. The van der Waals surface area contributed by atoms with E-state index >= 15 is 0 Å². The third kappa shape index (κ3) is 1.32. The van der Waals surface area contributed by atoms with Crippen LogP contribution in [-0.2, 0) is 4.74 Å². The SMILES string of the molecule is C1CO[C]2CCSCC2C1. The van der Waals surface area contributed by atoms with Gasteiger partial charge in [-0.2, -0.15) is 11.8 Å². The van der Waals surface area contributed by atoms with Gasteiger partial charge in [-0.3, -0.25) is 0 Å². The molecule has 1 unspecified atom stereocenters. The average Bonchev–Trinajstić information content (AvgIpc) is 2.05. The van der Waals surface area contributed by atoms with E-state index < -0.39 is 0 Å². The van der Waals surface area contributed by atoms with Crippen LogP contribution >= 0.6 is 11.8 Å².